The number of carboxylic acid groups (broad SMARTS) is 1. The van der Waals surface area contributed by atoms with Gasteiger partial charge in [0.1, 0.15) is 0 Å². The van der Waals surface area contributed by atoms with Gasteiger partial charge in [0.2, 0.25) is 5.91 Å². The standard InChI is InChI=1S/C20H23N3O3/c1-14(24)21-11-16-7-8-18(22-12-16)19-6-3-9-23(19)13-15-4-2-5-17(10-15)20(25)26/h2,4-5,7-8,10,12,19H,3,6,9,11,13H2,1H3,(H,21,24)(H,25,26)/t19-/m1/s1. The number of hydrogen-bond donors (Lipinski definition) is 2. The maximum atomic E-state index is 11.2. The van der Waals surface area contributed by atoms with Gasteiger partial charge in [0.15, 0.2) is 0 Å². The molecule has 1 aromatic heterocycles. The van der Waals surface area contributed by atoms with E-state index in [1.165, 1.54) is 6.92 Å². The number of pyridine rings is 1. The average Bonchev–Trinajstić information content (AvgIpc) is 3.08. The Bertz CT molecular complexity index is 789. The van der Waals surface area contributed by atoms with Gasteiger partial charge in [-0.15, -0.1) is 0 Å². The molecule has 1 saturated heterocycles. The first kappa shape index (κ1) is 18.1. The van der Waals surface area contributed by atoms with E-state index in [1.54, 1.807) is 18.2 Å². The number of benzene rings is 1. The van der Waals surface area contributed by atoms with Crippen molar-refractivity contribution in [2.75, 3.05) is 6.54 Å². The predicted octanol–water partition coefficient (Wildman–Crippen LogP) is 2.75. The molecule has 6 nitrogen and oxygen atoms in total. The van der Waals surface area contributed by atoms with Gasteiger partial charge in [-0.25, -0.2) is 4.79 Å². The molecule has 2 heterocycles. The van der Waals surface area contributed by atoms with E-state index < -0.39 is 5.97 Å². The molecule has 2 aromatic rings. The van der Waals surface area contributed by atoms with Crippen LogP contribution in [-0.4, -0.2) is 33.4 Å². The Hall–Kier alpha value is -2.73. The minimum Gasteiger partial charge on any atom is -0.478 e. The van der Waals surface area contributed by atoms with Crippen LogP contribution in [0.2, 0.25) is 0 Å². The van der Waals surface area contributed by atoms with Crippen molar-refractivity contribution < 1.29 is 14.7 Å². The van der Waals surface area contributed by atoms with Gasteiger partial charge >= 0.3 is 5.97 Å². The number of amides is 1. The second kappa shape index (κ2) is 8.10. The van der Waals surface area contributed by atoms with Gasteiger partial charge in [0, 0.05) is 26.2 Å². The molecule has 6 heteroatoms. The van der Waals surface area contributed by atoms with Gasteiger partial charge < -0.3 is 10.4 Å². The summed E-state index contributed by atoms with van der Waals surface area (Å²) in [5.74, 6) is -0.958. The zero-order valence-electron chi connectivity index (χ0n) is 14.8. The van der Waals surface area contributed by atoms with Gasteiger partial charge in [0.05, 0.1) is 17.3 Å². The van der Waals surface area contributed by atoms with Crippen LogP contribution < -0.4 is 5.32 Å². The molecular weight excluding hydrogens is 330 g/mol. The van der Waals surface area contributed by atoms with Gasteiger partial charge in [-0.05, 0) is 48.7 Å². The fourth-order valence-electron chi connectivity index (χ4n) is 3.35. The van der Waals surface area contributed by atoms with E-state index in [-0.39, 0.29) is 11.9 Å². The Labute approximate surface area is 152 Å². The van der Waals surface area contributed by atoms with Crippen molar-refractivity contribution in [2.45, 2.75) is 38.9 Å². The third kappa shape index (κ3) is 4.46. The molecule has 1 fully saturated rings. The Balaban J connectivity index is 1.69. The van der Waals surface area contributed by atoms with Gasteiger partial charge in [-0.2, -0.15) is 0 Å². The average molecular weight is 353 g/mol. The molecule has 136 valence electrons. The summed E-state index contributed by atoms with van der Waals surface area (Å²) in [6, 6.07) is 11.4. The summed E-state index contributed by atoms with van der Waals surface area (Å²) in [5, 5.41) is 11.9. The molecule has 0 saturated carbocycles. The predicted molar refractivity (Wildman–Crippen MR) is 97.5 cm³/mol. The first-order valence-electron chi connectivity index (χ1n) is 8.78. The third-order valence-corrected chi connectivity index (χ3v) is 4.65. The van der Waals surface area contributed by atoms with E-state index in [1.807, 2.05) is 24.4 Å². The van der Waals surface area contributed by atoms with Crippen LogP contribution in [0.15, 0.2) is 42.6 Å². The molecule has 1 amide bonds. The second-order valence-corrected chi connectivity index (χ2v) is 6.64. The maximum absolute atomic E-state index is 11.2. The van der Waals surface area contributed by atoms with Crippen molar-refractivity contribution in [3.63, 3.8) is 0 Å². The topological polar surface area (TPSA) is 82.5 Å². The van der Waals surface area contributed by atoms with E-state index in [9.17, 15) is 9.59 Å². The first-order chi connectivity index (χ1) is 12.5. The van der Waals surface area contributed by atoms with E-state index in [0.29, 0.717) is 18.7 Å². The number of nitrogens with one attached hydrogen (secondary N) is 1. The zero-order valence-corrected chi connectivity index (χ0v) is 14.8. The number of aromatic nitrogens is 1. The summed E-state index contributed by atoms with van der Waals surface area (Å²) >= 11 is 0. The quantitative estimate of drug-likeness (QED) is 0.834. The molecule has 0 spiro atoms. The van der Waals surface area contributed by atoms with Crippen LogP contribution in [0.5, 0.6) is 0 Å². The lowest BCUT2D eigenvalue weighted by atomic mass is 10.1. The van der Waals surface area contributed by atoms with Crippen molar-refractivity contribution >= 4 is 11.9 Å². The van der Waals surface area contributed by atoms with Gasteiger partial charge in [-0.3, -0.25) is 14.7 Å². The highest BCUT2D eigenvalue weighted by Gasteiger charge is 2.27. The number of carboxylic acids is 1. The highest BCUT2D eigenvalue weighted by Crippen LogP contribution is 2.32. The molecule has 3 rings (SSSR count). The fourth-order valence-corrected chi connectivity index (χ4v) is 3.35. The molecule has 26 heavy (non-hydrogen) atoms. The summed E-state index contributed by atoms with van der Waals surface area (Å²) in [6.07, 6.45) is 3.95. The van der Waals surface area contributed by atoms with Crippen molar-refractivity contribution in [1.29, 1.82) is 0 Å². The Morgan fingerprint density at radius 1 is 1.27 bits per heavy atom. The molecule has 0 unspecified atom stereocenters. The van der Waals surface area contributed by atoms with E-state index in [4.69, 9.17) is 5.11 Å². The summed E-state index contributed by atoms with van der Waals surface area (Å²) in [7, 11) is 0. The summed E-state index contributed by atoms with van der Waals surface area (Å²) < 4.78 is 0. The summed E-state index contributed by atoms with van der Waals surface area (Å²) in [4.78, 5) is 29.1. The number of hydrogen-bond acceptors (Lipinski definition) is 4. The lowest BCUT2D eigenvalue weighted by Gasteiger charge is -2.24. The molecule has 1 aliphatic heterocycles. The molecule has 2 N–H and O–H groups in total. The molecule has 1 aliphatic rings. The van der Waals surface area contributed by atoms with Crippen LogP contribution in [0.25, 0.3) is 0 Å². The SMILES string of the molecule is CC(=O)NCc1ccc([C@H]2CCCN2Cc2cccc(C(=O)O)c2)nc1. The minimum absolute atomic E-state index is 0.0559. The molecule has 1 atom stereocenters. The van der Waals surface area contributed by atoms with Crippen molar-refractivity contribution in [2.24, 2.45) is 0 Å². The van der Waals surface area contributed by atoms with E-state index in [0.717, 1.165) is 36.2 Å². The number of carbonyl (C=O) groups excluding carboxylic acids is 1. The van der Waals surface area contributed by atoms with Crippen LogP contribution in [0.3, 0.4) is 0 Å². The van der Waals surface area contributed by atoms with Crippen LogP contribution >= 0.6 is 0 Å². The molecular formula is C20H23N3O3. The van der Waals surface area contributed by atoms with Crippen molar-refractivity contribution in [3.8, 4) is 0 Å². The monoisotopic (exact) mass is 353 g/mol. The number of aromatic carboxylic acids is 1. The Morgan fingerprint density at radius 2 is 2.12 bits per heavy atom. The third-order valence-electron chi connectivity index (χ3n) is 4.65. The second-order valence-electron chi connectivity index (χ2n) is 6.64. The van der Waals surface area contributed by atoms with E-state index in [2.05, 4.69) is 15.2 Å². The number of likely N-dealkylation sites (tertiary alicyclic amines) is 1. The number of rotatable bonds is 6. The largest absolute Gasteiger partial charge is 0.478 e. The molecule has 0 radical (unpaired) electrons. The minimum atomic E-state index is -0.902. The lowest BCUT2D eigenvalue weighted by Crippen LogP contribution is -2.24. The number of carbonyl (C=O) groups is 2. The maximum Gasteiger partial charge on any atom is 0.335 e. The van der Waals surface area contributed by atoms with Gasteiger partial charge in [0.25, 0.3) is 0 Å². The van der Waals surface area contributed by atoms with Gasteiger partial charge in [-0.1, -0.05) is 18.2 Å². The van der Waals surface area contributed by atoms with Crippen LogP contribution in [0, 0.1) is 0 Å². The van der Waals surface area contributed by atoms with Crippen molar-refractivity contribution in [3.05, 3.63) is 65.0 Å². The summed E-state index contributed by atoms with van der Waals surface area (Å²) in [6.45, 7) is 3.66. The summed E-state index contributed by atoms with van der Waals surface area (Å²) in [5.41, 5.74) is 3.31. The fraction of sp³-hybridized carbons (Fsp3) is 0.350. The normalized spacial score (nSPS) is 17.2. The van der Waals surface area contributed by atoms with Crippen LogP contribution in [0.4, 0.5) is 0 Å². The first-order valence-corrected chi connectivity index (χ1v) is 8.78. The smallest absolute Gasteiger partial charge is 0.335 e. The van der Waals surface area contributed by atoms with Crippen LogP contribution in [0.1, 0.15) is 53.0 Å². The zero-order chi connectivity index (χ0) is 18.5. The Morgan fingerprint density at radius 3 is 2.81 bits per heavy atom. The van der Waals surface area contributed by atoms with Crippen LogP contribution in [-0.2, 0) is 17.9 Å². The van der Waals surface area contributed by atoms with E-state index >= 15 is 0 Å². The van der Waals surface area contributed by atoms with Crippen molar-refractivity contribution in [1.82, 2.24) is 15.2 Å². The number of nitrogens with zero attached hydrogens (tertiary/aromatic N) is 2. The highest BCUT2D eigenvalue weighted by molar-refractivity contribution is 5.87. The highest BCUT2D eigenvalue weighted by atomic mass is 16.4. The lowest BCUT2D eigenvalue weighted by molar-refractivity contribution is -0.119. The Kier molecular flexibility index (Phi) is 5.63. The molecule has 0 bridgehead atoms. The molecule has 0 aliphatic carbocycles. The molecule has 1 aromatic carbocycles.